The fraction of sp³-hybridized carbons (Fsp3) is 0.429. The Balaban J connectivity index is 2.15. The molecule has 0 radical (unpaired) electrons. The average molecular weight is 324 g/mol. The van der Waals surface area contributed by atoms with Crippen LogP contribution in [0.15, 0.2) is 48.8 Å². The van der Waals surface area contributed by atoms with Crippen LogP contribution in [0.25, 0.3) is 0 Å². The Morgan fingerprint density at radius 2 is 1.71 bits per heavy atom. The minimum atomic E-state index is 0.0570. The third kappa shape index (κ3) is 5.19. The Bertz CT molecular complexity index is 622. The molecule has 0 saturated carbocycles. The van der Waals surface area contributed by atoms with Gasteiger partial charge in [0.25, 0.3) is 0 Å². The van der Waals surface area contributed by atoms with Crippen molar-refractivity contribution in [1.82, 2.24) is 9.88 Å². The monoisotopic (exact) mass is 324 g/mol. The van der Waals surface area contributed by atoms with Gasteiger partial charge in [-0.15, -0.1) is 0 Å². The minimum absolute atomic E-state index is 0.0570. The van der Waals surface area contributed by atoms with Crippen molar-refractivity contribution in [2.45, 2.75) is 53.1 Å². The standard InChI is InChI=1S/C21H28N2O/c1-4-7-17(3)21(24)23(16-20-8-6-13-22-14-20)15-19-11-9-18(5-2)10-12-19/h6,8-14,17H,4-5,7,15-16H2,1-3H3. The molecular weight excluding hydrogens is 296 g/mol. The van der Waals surface area contributed by atoms with Crippen LogP contribution < -0.4 is 0 Å². The van der Waals surface area contributed by atoms with Crippen LogP contribution in [0.5, 0.6) is 0 Å². The summed E-state index contributed by atoms with van der Waals surface area (Å²) in [6.45, 7) is 7.56. The normalized spacial score (nSPS) is 12.0. The summed E-state index contributed by atoms with van der Waals surface area (Å²) in [5.74, 6) is 0.279. The van der Waals surface area contributed by atoms with Crippen molar-refractivity contribution in [3.05, 3.63) is 65.5 Å². The van der Waals surface area contributed by atoms with Crippen LogP contribution in [0.2, 0.25) is 0 Å². The van der Waals surface area contributed by atoms with Gasteiger partial charge in [-0.2, -0.15) is 0 Å². The molecule has 1 aromatic heterocycles. The van der Waals surface area contributed by atoms with Crippen LogP contribution in [0.3, 0.4) is 0 Å². The fourth-order valence-electron chi connectivity index (χ4n) is 2.89. The van der Waals surface area contributed by atoms with Gasteiger partial charge in [-0.3, -0.25) is 9.78 Å². The fourth-order valence-corrected chi connectivity index (χ4v) is 2.89. The summed E-state index contributed by atoms with van der Waals surface area (Å²) in [5, 5.41) is 0. The van der Waals surface area contributed by atoms with Gasteiger partial charge < -0.3 is 4.90 Å². The lowest BCUT2D eigenvalue weighted by Gasteiger charge is -2.26. The number of pyridine rings is 1. The van der Waals surface area contributed by atoms with Crippen LogP contribution in [0.4, 0.5) is 0 Å². The molecule has 0 saturated heterocycles. The number of aryl methyl sites for hydroxylation is 1. The summed E-state index contributed by atoms with van der Waals surface area (Å²) in [7, 11) is 0. The third-order valence-electron chi connectivity index (χ3n) is 4.36. The molecule has 0 fully saturated rings. The maximum atomic E-state index is 12.9. The molecule has 1 atom stereocenters. The van der Waals surface area contributed by atoms with Crippen molar-refractivity contribution >= 4 is 5.91 Å². The minimum Gasteiger partial charge on any atom is -0.334 e. The molecule has 1 heterocycles. The van der Waals surface area contributed by atoms with E-state index in [4.69, 9.17) is 0 Å². The van der Waals surface area contributed by atoms with E-state index in [0.717, 1.165) is 24.8 Å². The molecule has 128 valence electrons. The number of benzene rings is 1. The first-order chi connectivity index (χ1) is 11.6. The van der Waals surface area contributed by atoms with Gasteiger partial charge in [0.15, 0.2) is 0 Å². The van der Waals surface area contributed by atoms with Crippen molar-refractivity contribution in [2.24, 2.45) is 5.92 Å². The van der Waals surface area contributed by atoms with E-state index < -0.39 is 0 Å². The van der Waals surface area contributed by atoms with E-state index in [0.29, 0.717) is 13.1 Å². The molecule has 3 heteroatoms. The highest BCUT2D eigenvalue weighted by Crippen LogP contribution is 2.16. The zero-order valence-electron chi connectivity index (χ0n) is 15.0. The van der Waals surface area contributed by atoms with Gasteiger partial charge in [0.1, 0.15) is 0 Å². The molecule has 0 N–H and O–H groups in total. The number of aromatic nitrogens is 1. The second-order valence-corrected chi connectivity index (χ2v) is 6.42. The zero-order chi connectivity index (χ0) is 17.4. The average Bonchev–Trinajstić information content (AvgIpc) is 2.62. The summed E-state index contributed by atoms with van der Waals surface area (Å²) in [4.78, 5) is 19.0. The summed E-state index contributed by atoms with van der Waals surface area (Å²) in [6, 6.07) is 12.5. The quantitative estimate of drug-likeness (QED) is 0.710. The Hall–Kier alpha value is -2.16. The predicted molar refractivity (Wildman–Crippen MR) is 98.4 cm³/mol. The lowest BCUT2D eigenvalue weighted by Crippen LogP contribution is -2.34. The Morgan fingerprint density at radius 3 is 2.29 bits per heavy atom. The van der Waals surface area contributed by atoms with Crippen LogP contribution in [0, 0.1) is 5.92 Å². The first kappa shape index (κ1) is 18.2. The maximum Gasteiger partial charge on any atom is 0.226 e. The Labute approximate surface area is 145 Å². The van der Waals surface area contributed by atoms with Gasteiger partial charge in [-0.05, 0) is 35.6 Å². The molecule has 24 heavy (non-hydrogen) atoms. The summed E-state index contributed by atoms with van der Waals surface area (Å²) in [5.41, 5.74) is 3.57. The van der Waals surface area contributed by atoms with Gasteiger partial charge in [0.05, 0.1) is 0 Å². The number of hydrogen-bond donors (Lipinski definition) is 0. The summed E-state index contributed by atoms with van der Waals surface area (Å²) < 4.78 is 0. The predicted octanol–water partition coefficient (Wildman–Crippen LogP) is 4.61. The lowest BCUT2D eigenvalue weighted by atomic mass is 10.0. The van der Waals surface area contributed by atoms with E-state index in [1.54, 1.807) is 6.20 Å². The summed E-state index contributed by atoms with van der Waals surface area (Å²) in [6.07, 6.45) is 6.59. The van der Waals surface area contributed by atoms with E-state index in [1.807, 2.05) is 30.2 Å². The van der Waals surface area contributed by atoms with Gasteiger partial charge in [-0.25, -0.2) is 0 Å². The largest absolute Gasteiger partial charge is 0.334 e. The van der Waals surface area contributed by atoms with Crippen LogP contribution in [-0.4, -0.2) is 15.8 Å². The van der Waals surface area contributed by atoms with Gasteiger partial charge in [0, 0.05) is 31.4 Å². The molecule has 0 aliphatic carbocycles. The van der Waals surface area contributed by atoms with Crippen molar-refractivity contribution in [3.8, 4) is 0 Å². The molecule has 2 rings (SSSR count). The molecule has 0 aliphatic rings. The molecule has 1 unspecified atom stereocenters. The van der Waals surface area contributed by atoms with Gasteiger partial charge in [0.2, 0.25) is 5.91 Å². The summed E-state index contributed by atoms with van der Waals surface area (Å²) >= 11 is 0. The molecule has 1 aromatic carbocycles. The number of hydrogen-bond acceptors (Lipinski definition) is 2. The van der Waals surface area contributed by atoms with Gasteiger partial charge >= 0.3 is 0 Å². The van der Waals surface area contributed by atoms with E-state index in [9.17, 15) is 4.79 Å². The zero-order valence-corrected chi connectivity index (χ0v) is 15.0. The van der Waals surface area contributed by atoms with E-state index in [-0.39, 0.29) is 11.8 Å². The number of rotatable bonds is 8. The molecule has 0 aliphatic heterocycles. The third-order valence-corrected chi connectivity index (χ3v) is 4.36. The lowest BCUT2D eigenvalue weighted by molar-refractivity contribution is -0.136. The molecule has 0 spiro atoms. The maximum absolute atomic E-state index is 12.9. The topological polar surface area (TPSA) is 33.2 Å². The molecular formula is C21H28N2O. The highest BCUT2D eigenvalue weighted by atomic mass is 16.2. The van der Waals surface area contributed by atoms with Crippen molar-refractivity contribution in [2.75, 3.05) is 0 Å². The van der Waals surface area contributed by atoms with Crippen LogP contribution in [0.1, 0.15) is 50.3 Å². The number of carbonyl (C=O) groups is 1. The molecule has 2 aromatic rings. The van der Waals surface area contributed by atoms with Crippen molar-refractivity contribution in [3.63, 3.8) is 0 Å². The van der Waals surface area contributed by atoms with Gasteiger partial charge in [-0.1, -0.05) is 57.5 Å². The smallest absolute Gasteiger partial charge is 0.226 e. The highest BCUT2D eigenvalue weighted by Gasteiger charge is 2.20. The Kier molecular flexibility index (Phi) is 6.98. The first-order valence-electron chi connectivity index (χ1n) is 8.89. The first-order valence-corrected chi connectivity index (χ1v) is 8.89. The second kappa shape index (κ2) is 9.21. The second-order valence-electron chi connectivity index (χ2n) is 6.42. The van der Waals surface area contributed by atoms with Crippen LogP contribution in [-0.2, 0) is 24.3 Å². The van der Waals surface area contributed by atoms with Crippen LogP contribution >= 0.6 is 0 Å². The van der Waals surface area contributed by atoms with E-state index in [2.05, 4.69) is 43.1 Å². The van der Waals surface area contributed by atoms with E-state index >= 15 is 0 Å². The molecule has 0 bridgehead atoms. The number of nitrogens with zero attached hydrogens (tertiary/aromatic N) is 2. The SMILES string of the molecule is CCCC(C)C(=O)N(Cc1ccc(CC)cc1)Cc1cccnc1. The van der Waals surface area contributed by atoms with Crippen molar-refractivity contribution < 1.29 is 4.79 Å². The molecule has 1 amide bonds. The molecule has 3 nitrogen and oxygen atoms in total. The van der Waals surface area contributed by atoms with Crippen molar-refractivity contribution in [1.29, 1.82) is 0 Å². The highest BCUT2D eigenvalue weighted by molar-refractivity contribution is 5.78. The number of amides is 1. The van der Waals surface area contributed by atoms with E-state index in [1.165, 1.54) is 11.1 Å². The number of carbonyl (C=O) groups excluding carboxylic acids is 1. The Morgan fingerprint density at radius 1 is 1.04 bits per heavy atom.